The van der Waals surface area contributed by atoms with Gasteiger partial charge < -0.3 is 14.4 Å². The smallest absolute Gasteiger partial charge is 0.291 e. The van der Waals surface area contributed by atoms with Crippen LogP contribution in [-0.2, 0) is 5.41 Å². The van der Waals surface area contributed by atoms with Crippen LogP contribution >= 0.6 is 0 Å². The van der Waals surface area contributed by atoms with E-state index in [-0.39, 0.29) is 23.1 Å². The monoisotopic (exact) mass is 453 g/mol. The summed E-state index contributed by atoms with van der Waals surface area (Å²) in [6, 6.07) is 23.5. The lowest BCUT2D eigenvalue weighted by Gasteiger charge is -2.28. The van der Waals surface area contributed by atoms with Crippen LogP contribution in [0.15, 0.2) is 88.1 Å². The number of rotatable bonds is 4. The summed E-state index contributed by atoms with van der Waals surface area (Å²) in [5.74, 6) is -0.341. The van der Waals surface area contributed by atoms with Crippen LogP contribution in [-0.4, -0.2) is 22.5 Å². The van der Waals surface area contributed by atoms with Gasteiger partial charge in [-0.05, 0) is 34.2 Å². The molecule has 1 aromatic heterocycles. The van der Waals surface area contributed by atoms with Crippen molar-refractivity contribution in [2.45, 2.75) is 38.3 Å². The number of amides is 1. The number of hydrogen-bond donors (Lipinski definition) is 1. The summed E-state index contributed by atoms with van der Waals surface area (Å²) in [4.78, 5) is 28.7. The molecule has 5 rings (SSSR count). The number of carbonyl (C=O) groups is 1. The van der Waals surface area contributed by atoms with E-state index in [1.807, 2.05) is 54.6 Å². The van der Waals surface area contributed by atoms with Gasteiger partial charge in [0.15, 0.2) is 5.43 Å². The molecule has 5 heteroatoms. The van der Waals surface area contributed by atoms with Crippen LogP contribution in [0.2, 0.25) is 0 Å². The zero-order valence-electron chi connectivity index (χ0n) is 19.5. The van der Waals surface area contributed by atoms with Crippen molar-refractivity contribution >= 4 is 16.9 Å². The SMILES string of the molecule is CC(C)(C)c1ccc(C2c3c(oc4ccccc4c3=O)C(=O)N2CC(O)c2ccccc2)cc1. The summed E-state index contributed by atoms with van der Waals surface area (Å²) in [5, 5.41) is 11.4. The van der Waals surface area contributed by atoms with Gasteiger partial charge >= 0.3 is 0 Å². The number of fused-ring (bicyclic) bond motifs is 2. The highest BCUT2D eigenvalue weighted by atomic mass is 16.3. The van der Waals surface area contributed by atoms with E-state index in [9.17, 15) is 14.7 Å². The van der Waals surface area contributed by atoms with E-state index in [0.717, 1.165) is 11.1 Å². The second-order valence-electron chi connectivity index (χ2n) is 9.83. The van der Waals surface area contributed by atoms with E-state index in [0.29, 0.717) is 22.1 Å². The number of aliphatic hydroxyl groups is 1. The van der Waals surface area contributed by atoms with Crippen LogP contribution in [0.3, 0.4) is 0 Å². The molecule has 4 aromatic rings. The third-order valence-electron chi connectivity index (χ3n) is 6.52. The van der Waals surface area contributed by atoms with Gasteiger partial charge in [0, 0.05) is 0 Å². The Hall–Kier alpha value is -3.70. The van der Waals surface area contributed by atoms with Crippen LogP contribution in [0.5, 0.6) is 0 Å². The lowest BCUT2D eigenvalue weighted by molar-refractivity contribution is 0.0583. The van der Waals surface area contributed by atoms with E-state index in [2.05, 4.69) is 20.8 Å². The summed E-state index contributed by atoms with van der Waals surface area (Å²) >= 11 is 0. The molecule has 1 aliphatic rings. The molecule has 0 bridgehead atoms. The van der Waals surface area contributed by atoms with Crippen LogP contribution < -0.4 is 5.43 Å². The van der Waals surface area contributed by atoms with Crippen LogP contribution in [0, 0.1) is 0 Å². The molecule has 0 saturated heterocycles. The first-order valence-corrected chi connectivity index (χ1v) is 11.5. The third-order valence-corrected chi connectivity index (χ3v) is 6.52. The topological polar surface area (TPSA) is 70.8 Å². The number of nitrogens with zero attached hydrogens (tertiary/aromatic N) is 1. The van der Waals surface area contributed by atoms with Crippen molar-refractivity contribution < 1.29 is 14.3 Å². The molecule has 1 amide bonds. The number of β-amino-alcohol motifs (C(OH)–C–C–N with tert-alkyl or cyclic N) is 1. The maximum Gasteiger partial charge on any atom is 0.291 e. The second kappa shape index (κ2) is 8.26. The zero-order valence-corrected chi connectivity index (χ0v) is 19.5. The van der Waals surface area contributed by atoms with Gasteiger partial charge in [-0.25, -0.2) is 0 Å². The molecule has 0 radical (unpaired) electrons. The van der Waals surface area contributed by atoms with Gasteiger partial charge in [-0.15, -0.1) is 0 Å². The highest BCUT2D eigenvalue weighted by molar-refractivity contribution is 5.99. The predicted molar refractivity (Wildman–Crippen MR) is 132 cm³/mol. The van der Waals surface area contributed by atoms with Crippen molar-refractivity contribution in [1.29, 1.82) is 0 Å². The Balaban J connectivity index is 1.65. The first-order valence-electron chi connectivity index (χ1n) is 11.5. The van der Waals surface area contributed by atoms with Crippen LogP contribution in [0.25, 0.3) is 11.0 Å². The van der Waals surface area contributed by atoms with Crippen LogP contribution in [0.1, 0.15) is 65.7 Å². The molecule has 1 N–H and O–H groups in total. The van der Waals surface area contributed by atoms with Crippen molar-refractivity contribution in [1.82, 2.24) is 4.90 Å². The van der Waals surface area contributed by atoms with Crippen molar-refractivity contribution in [2.24, 2.45) is 0 Å². The molecule has 5 nitrogen and oxygen atoms in total. The van der Waals surface area contributed by atoms with E-state index in [1.165, 1.54) is 0 Å². The van der Waals surface area contributed by atoms with Gasteiger partial charge in [-0.1, -0.05) is 87.5 Å². The normalized spacial score (nSPS) is 16.6. The van der Waals surface area contributed by atoms with Gasteiger partial charge in [0.25, 0.3) is 5.91 Å². The zero-order chi connectivity index (χ0) is 24.0. The molecule has 0 spiro atoms. The van der Waals surface area contributed by atoms with E-state index >= 15 is 0 Å². The quantitative estimate of drug-likeness (QED) is 0.451. The highest BCUT2D eigenvalue weighted by Crippen LogP contribution is 2.39. The molecule has 34 heavy (non-hydrogen) atoms. The Morgan fingerprint density at radius 1 is 0.912 bits per heavy atom. The Kier molecular flexibility index (Phi) is 5.37. The fourth-order valence-corrected chi connectivity index (χ4v) is 4.63. The Morgan fingerprint density at radius 2 is 1.56 bits per heavy atom. The lowest BCUT2D eigenvalue weighted by atomic mass is 9.86. The number of para-hydroxylation sites is 1. The van der Waals surface area contributed by atoms with Crippen molar-refractivity contribution in [3.8, 4) is 0 Å². The summed E-state index contributed by atoms with van der Waals surface area (Å²) in [6.45, 7) is 6.45. The summed E-state index contributed by atoms with van der Waals surface area (Å²) in [6.07, 6.45) is -0.902. The summed E-state index contributed by atoms with van der Waals surface area (Å²) in [7, 11) is 0. The molecule has 0 fully saturated rings. The fourth-order valence-electron chi connectivity index (χ4n) is 4.63. The molecule has 0 saturated carbocycles. The summed E-state index contributed by atoms with van der Waals surface area (Å²) in [5.41, 5.74) is 3.13. The Morgan fingerprint density at radius 3 is 2.24 bits per heavy atom. The number of benzene rings is 3. The second-order valence-corrected chi connectivity index (χ2v) is 9.83. The molecular formula is C29H27NO4. The predicted octanol–water partition coefficient (Wildman–Crippen LogP) is 5.37. The Bertz CT molecular complexity index is 1410. The minimum Gasteiger partial charge on any atom is -0.450 e. The average Bonchev–Trinajstić information content (AvgIpc) is 3.11. The molecule has 2 atom stereocenters. The minimum absolute atomic E-state index is 0.0274. The van der Waals surface area contributed by atoms with E-state index < -0.39 is 18.1 Å². The van der Waals surface area contributed by atoms with Crippen molar-refractivity contribution in [2.75, 3.05) is 6.54 Å². The third kappa shape index (κ3) is 3.72. The number of carbonyl (C=O) groups excluding carboxylic acids is 1. The first kappa shape index (κ1) is 22.1. The molecule has 2 unspecified atom stereocenters. The molecule has 1 aliphatic heterocycles. The lowest BCUT2D eigenvalue weighted by Crippen LogP contribution is -2.33. The Labute approximate surface area is 198 Å². The fraction of sp³-hybridized carbons (Fsp3) is 0.241. The van der Waals surface area contributed by atoms with Gasteiger partial charge in [0.2, 0.25) is 5.76 Å². The maximum absolute atomic E-state index is 13.6. The van der Waals surface area contributed by atoms with Gasteiger partial charge in [-0.2, -0.15) is 0 Å². The summed E-state index contributed by atoms with van der Waals surface area (Å²) < 4.78 is 5.97. The standard InChI is InChI=1S/C29H27NO4/c1-29(2,3)20-15-13-19(14-16-20)25-24-26(32)21-11-7-8-12-23(21)34-27(24)28(33)30(25)17-22(31)18-9-5-4-6-10-18/h4-16,22,25,31H,17H2,1-3H3. The van der Waals surface area contributed by atoms with E-state index in [4.69, 9.17) is 4.42 Å². The number of hydrogen-bond acceptors (Lipinski definition) is 4. The molecule has 172 valence electrons. The van der Waals surface area contributed by atoms with Crippen LogP contribution in [0.4, 0.5) is 0 Å². The van der Waals surface area contributed by atoms with Gasteiger partial charge in [0.1, 0.15) is 5.58 Å². The van der Waals surface area contributed by atoms with Crippen molar-refractivity contribution in [3.63, 3.8) is 0 Å². The highest BCUT2D eigenvalue weighted by Gasteiger charge is 2.43. The maximum atomic E-state index is 13.6. The molecule has 3 aromatic carbocycles. The van der Waals surface area contributed by atoms with Crippen molar-refractivity contribution in [3.05, 3.63) is 117 Å². The molecule has 2 heterocycles. The minimum atomic E-state index is -0.902. The first-order chi connectivity index (χ1) is 16.3. The molecular weight excluding hydrogens is 426 g/mol. The largest absolute Gasteiger partial charge is 0.450 e. The van der Waals surface area contributed by atoms with E-state index in [1.54, 1.807) is 29.2 Å². The van der Waals surface area contributed by atoms with Gasteiger partial charge in [0.05, 0.1) is 29.6 Å². The number of aliphatic hydroxyl groups excluding tert-OH is 1. The average molecular weight is 454 g/mol. The van der Waals surface area contributed by atoms with Gasteiger partial charge in [-0.3, -0.25) is 9.59 Å². The molecule has 0 aliphatic carbocycles.